The summed E-state index contributed by atoms with van der Waals surface area (Å²) in [5.74, 6) is 1.62. The minimum absolute atomic E-state index is 0.178. The smallest absolute Gasteiger partial charge is 0.0205 e. The minimum Gasteiger partial charge on any atom is -0.308 e. The molecule has 1 saturated heterocycles. The predicted molar refractivity (Wildman–Crippen MR) is 80.9 cm³/mol. The van der Waals surface area contributed by atoms with Crippen LogP contribution >= 0.6 is 0 Å². The second-order valence-corrected chi connectivity index (χ2v) is 7.34. The molecule has 0 amide bonds. The van der Waals surface area contributed by atoms with Crippen molar-refractivity contribution in [1.82, 2.24) is 10.2 Å². The van der Waals surface area contributed by atoms with Gasteiger partial charge in [-0.05, 0) is 51.5 Å². The Morgan fingerprint density at radius 1 is 1.28 bits per heavy atom. The third-order valence-electron chi connectivity index (χ3n) is 4.02. The van der Waals surface area contributed by atoms with Crippen LogP contribution in [0.1, 0.15) is 48.0 Å². The summed E-state index contributed by atoms with van der Waals surface area (Å²) in [6.45, 7) is 21.1. The maximum Gasteiger partial charge on any atom is 0.0205 e. The molecule has 1 aliphatic heterocycles. The van der Waals surface area contributed by atoms with Gasteiger partial charge in [0.15, 0.2) is 0 Å². The molecular formula is C16H32N2. The lowest BCUT2D eigenvalue weighted by atomic mass is 9.86. The second-order valence-electron chi connectivity index (χ2n) is 7.34. The van der Waals surface area contributed by atoms with Gasteiger partial charge in [-0.2, -0.15) is 0 Å². The number of likely N-dealkylation sites (tertiary alicyclic amines) is 1. The van der Waals surface area contributed by atoms with Crippen molar-refractivity contribution in [2.24, 2.45) is 11.8 Å². The molecule has 0 aromatic heterocycles. The molecule has 3 atom stereocenters. The van der Waals surface area contributed by atoms with Crippen LogP contribution < -0.4 is 5.32 Å². The van der Waals surface area contributed by atoms with Crippen LogP contribution in [0.4, 0.5) is 0 Å². The fourth-order valence-electron chi connectivity index (χ4n) is 2.77. The Balaban J connectivity index is 2.43. The normalized spacial score (nSPS) is 30.4. The van der Waals surface area contributed by atoms with Gasteiger partial charge in [0.1, 0.15) is 0 Å². The van der Waals surface area contributed by atoms with Crippen molar-refractivity contribution >= 4 is 0 Å². The van der Waals surface area contributed by atoms with Crippen molar-refractivity contribution in [2.45, 2.75) is 59.5 Å². The van der Waals surface area contributed by atoms with Gasteiger partial charge in [-0.1, -0.05) is 20.4 Å². The zero-order chi connectivity index (χ0) is 13.9. The van der Waals surface area contributed by atoms with Crippen LogP contribution in [0.3, 0.4) is 0 Å². The molecule has 0 spiro atoms. The zero-order valence-electron chi connectivity index (χ0n) is 13.2. The van der Waals surface area contributed by atoms with E-state index in [9.17, 15) is 0 Å². The van der Waals surface area contributed by atoms with Gasteiger partial charge >= 0.3 is 0 Å². The highest BCUT2D eigenvalue weighted by Gasteiger charge is 2.28. The Morgan fingerprint density at radius 2 is 1.89 bits per heavy atom. The highest BCUT2D eigenvalue weighted by atomic mass is 15.2. The van der Waals surface area contributed by atoms with Gasteiger partial charge in [0.05, 0.1) is 0 Å². The number of rotatable bonds is 4. The second kappa shape index (κ2) is 6.21. The molecule has 1 aliphatic rings. The summed E-state index contributed by atoms with van der Waals surface area (Å²) in [6.07, 6.45) is 1.37. The number of nitrogens with one attached hydrogen (secondary N) is 1. The first kappa shape index (κ1) is 15.7. The van der Waals surface area contributed by atoms with E-state index in [1.165, 1.54) is 18.5 Å². The molecule has 106 valence electrons. The van der Waals surface area contributed by atoms with E-state index in [1.54, 1.807) is 0 Å². The monoisotopic (exact) mass is 252 g/mol. The molecular weight excluding hydrogens is 220 g/mol. The molecule has 0 aromatic carbocycles. The lowest BCUT2D eigenvalue weighted by Crippen LogP contribution is -2.47. The first-order valence-corrected chi connectivity index (χ1v) is 7.34. The molecule has 2 nitrogen and oxygen atoms in total. The number of hydrogen-bond acceptors (Lipinski definition) is 2. The summed E-state index contributed by atoms with van der Waals surface area (Å²) < 4.78 is 0. The van der Waals surface area contributed by atoms with E-state index >= 15 is 0 Å². The third kappa shape index (κ3) is 5.11. The van der Waals surface area contributed by atoms with Crippen LogP contribution in [0.2, 0.25) is 0 Å². The number of nitrogens with zero attached hydrogens (tertiary/aromatic N) is 1. The summed E-state index contributed by atoms with van der Waals surface area (Å²) >= 11 is 0. The molecule has 1 heterocycles. The highest BCUT2D eigenvalue weighted by Crippen LogP contribution is 2.27. The van der Waals surface area contributed by atoms with Crippen LogP contribution in [-0.2, 0) is 0 Å². The third-order valence-corrected chi connectivity index (χ3v) is 4.02. The molecule has 2 heteroatoms. The first-order valence-electron chi connectivity index (χ1n) is 7.34. The topological polar surface area (TPSA) is 15.3 Å². The average molecular weight is 252 g/mol. The fourth-order valence-corrected chi connectivity index (χ4v) is 2.77. The van der Waals surface area contributed by atoms with E-state index in [1.807, 2.05) is 0 Å². The van der Waals surface area contributed by atoms with Crippen LogP contribution in [0, 0.1) is 11.8 Å². The van der Waals surface area contributed by atoms with Gasteiger partial charge in [-0.3, -0.25) is 4.90 Å². The summed E-state index contributed by atoms with van der Waals surface area (Å²) in [7, 11) is 0. The quantitative estimate of drug-likeness (QED) is 0.772. The summed E-state index contributed by atoms with van der Waals surface area (Å²) in [5.41, 5.74) is 1.48. The summed E-state index contributed by atoms with van der Waals surface area (Å²) in [6, 6.07) is 0.688. The van der Waals surface area contributed by atoms with Crippen molar-refractivity contribution in [2.75, 3.05) is 19.6 Å². The standard InChI is InChI=1S/C16H32N2/c1-12-8-14(3)15(4)18(10-12)11-13(2)9-17-16(5,6)7/h12,14-15,17H,2,8-11H2,1,3-7H3. The molecule has 1 fully saturated rings. The van der Waals surface area contributed by atoms with E-state index in [-0.39, 0.29) is 5.54 Å². The fraction of sp³-hybridized carbons (Fsp3) is 0.875. The molecule has 0 radical (unpaired) electrons. The molecule has 0 aliphatic carbocycles. The maximum atomic E-state index is 4.23. The summed E-state index contributed by atoms with van der Waals surface area (Å²) in [4.78, 5) is 2.60. The van der Waals surface area contributed by atoms with Crippen molar-refractivity contribution in [3.05, 3.63) is 12.2 Å². The Labute approximate surface area is 114 Å². The van der Waals surface area contributed by atoms with Crippen molar-refractivity contribution in [1.29, 1.82) is 0 Å². The number of piperidine rings is 1. The largest absolute Gasteiger partial charge is 0.308 e. The Hall–Kier alpha value is -0.340. The van der Waals surface area contributed by atoms with Crippen molar-refractivity contribution in [3.63, 3.8) is 0 Å². The maximum absolute atomic E-state index is 4.23. The SMILES string of the molecule is C=C(CNC(C)(C)C)CN1CC(C)CC(C)C1C. The Morgan fingerprint density at radius 3 is 2.44 bits per heavy atom. The van der Waals surface area contributed by atoms with Gasteiger partial charge in [-0.15, -0.1) is 0 Å². The van der Waals surface area contributed by atoms with Crippen LogP contribution in [0.15, 0.2) is 12.2 Å². The first-order chi connectivity index (χ1) is 8.19. The predicted octanol–water partition coefficient (Wildman–Crippen LogP) is 3.30. The van der Waals surface area contributed by atoms with Gasteiger partial charge in [0, 0.05) is 31.2 Å². The lowest BCUT2D eigenvalue weighted by molar-refractivity contribution is 0.0884. The lowest BCUT2D eigenvalue weighted by Gasteiger charge is -2.41. The van der Waals surface area contributed by atoms with E-state index in [2.05, 4.69) is 58.3 Å². The Bertz CT molecular complexity index is 277. The molecule has 0 aromatic rings. The molecule has 1 N–H and O–H groups in total. The van der Waals surface area contributed by atoms with Gasteiger partial charge < -0.3 is 5.32 Å². The Kier molecular flexibility index (Phi) is 5.42. The van der Waals surface area contributed by atoms with Crippen LogP contribution in [-0.4, -0.2) is 36.1 Å². The van der Waals surface area contributed by atoms with Crippen molar-refractivity contribution in [3.8, 4) is 0 Å². The van der Waals surface area contributed by atoms with E-state index in [4.69, 9.17) is 0 Å². The molecule has 0 saturated carbocycles. The average Bonchev–Trinajstić information content (AvgIpc) is 2.21. The van der Waals surface area contributed by atoms with E-state index in [0.717, 1.165) is 24.9 Å². The number of hydrogen-bond donors (Lipinski definition) is 1. The molecule has 1 rings (SSSR count). The van der Waals surface area contributed by atoms with E-state index < -0.39 is 0 Å². The summed E-state index contributed by atoms with van der Waals surface area (Å²) in [5, 5.41) is 3.52. The molecule has 18 heavy (non-hydrogen) atoms. The molecule has 3 unspecified atom stereocenters. The minimum atomic E-state index is 0.178. The van der Waals surface area contributed by atoms with Crippen molar-refractivity contribution < 1.29 is 0 Å². The van der Waals surface area contributed by atoms with Crippen LogP contribution in [0.5, 0.6) is 0 Å². The van der Waals surface area contributed by atoms with Gasteiger partial charge in [0.2, 0.25) is 0 Å². The molecule has 0 bridgehead atoms. The van der Waals surface area contributed by atoms with Gasteiger partial charge in [0.25, 0.3) is 0 Å². The zero-order valence-corrected chi connectivity index (χ0v) is 13.2. The van der Waals surface area contributed by atoms with Crippen LogP contribution in [0.25, 0.3) is 0 Å². The van der Waals surface area contributed by atoms with E-state index in [0.29, 0.717) is 6.04 Å². The highest BCUT2D eigenvalue weighted by molar-refractivity contribution is 5.03. The van der Waals surface area contributed by atoms with Gasteiger partial charge in [-0.25, -0.2) is 0 Å².